The Bertz CT molecular complexity index is 1280. The molecule has 2 atom stereocenters. The zero-order chi connectivity index (χ0) is 22.8. The van der Waals surface area contributed by atoms with Crippen LogP contribution in [0.4, 0.5) is 8.78 Å². The van der Waals surface area contributed by atoms with Crippen molar-refractivity contribution in [3.63, 3.8) is 0 Å². The van der Waals surface area contributed by atoms with Crippen molar-refractivity contribution in [1.82, 2.24) is 19.7 Å². The molecular weight excluding hydrogens is 430 g/mol. The Morgan fingerprint density at radius 2 is 2.09 bits per heavy atom. The highest BCUT2D eigenvalue weighted by atomic mass is 19.1. The molecule has 0 saturated carbocycles. The molecule has 0 unspecified atom stereocenters. The number of halogens is 2. The Balaban J connectivity index is 1.50. The van der Waals surface area contributed by atoms with E-state index in [2.05, 4.69) is 10.3 Å². The van der Waals surface area contributed by atoms with E-state index in [0.717, 1.165) is 5.69 Å². The van der Waals surface area contributed by atoms with E-state index in [9.17, 15) is 8.78 Å². The lowest BCUT2D eigenvalue weighted by Gasteiger charge is -2.27. The Hall–Kier alpha value is -3.30. The molecular formula is C24H24F2N4O3. The first-order valence-corrected chi connectivity index (χ1v) is 10.8. The summed E-state index contributed by atoms with van der Waals surface area (Å²) in [5.74, 6) is 0.480. The van der Waals surface area contributed by atoms with Gasteiger partial charge in [0.25, 0.3) is 0 Å². The summed E-state index contributed by atoms with van der Waals surface area (Å²) in [6.07, 6.45) is 2.27. The normalized spacial score (nSPS) is 18.6. The molecule has 1 fully saturated rings. The number of hydrogen-bond donors (Lipinski definition) is 1. The highest BCUT2D eigenvalue weighted by molar-refractivity contribution is 5.86. The monoisotopic (exact) mass is 454 g/mol. The molecule has 33 heavy (non-hydrogen) atoms. The van der Waals surface area contributed by atoms with E-state index in [1.165, 1.54) is 12.1 Å². The average Bonchev–Trinajstić information content (AvgIpc) is 3.24. The molecule has 7 nitrogen and oxygen atoms in total. The van der Waals surface area contributed by atoms with E-state index in [1.807, 2.05) is 22.7 Å². The first-order valence-electron chi connectivity index (χ1n) is 10.8. The van der Waals surface area contributed by atoms with Gasteiger partial charge in [-0.2, -0.15) is 0 Å². The van der Waals surface area contributed by atoms with Crippen molar-refractivity contribution in [2.45, 2.75) is 18.7 Å². The molecule has 0 radical (unpaired) electrons. The highest BCUT2D eigenvalue weighted by Gasteiger charge is 2.27. The minimum atomic E-state index is -1.17. The molecule has 0 aliphatic carbocycles. The summed E-state index contributed by atoms with van der Waals surface area (Å²) in [4.78, 5) is 9.21. The first kappa shape index (κ1) is 21.5. The van der Waals surface area contributed by atoms with Gasteiger partial charge in [-0.15, -0.1) is 0 Å². The molecule has 1 N–H and O–H groups in total. The highest BCUT2D eigenvalue weighted by Crippen LogP contribution is 2.31. The van der Waals surface area contributed by atoms with Crippen LogP contribution in [-0.2, 0) is 4.74 Å². The van der Waals surface area contributed by atoms with Crippen LogP contribution in [0.5, 0.6) is 11.5 Å². The van der Waals surface area contributed by atoms with E-state index in [0.29, 0.717) is 54.2 Å². The second kappa shape index (κ2) is 9.29. The summed E-state index contributed by atoms with van der Waals surface area (Å²) in [6.45, 7) is 1.81. The number of imidazole rings is 1. The van der Waals surface area contributed by atoms with Crippen molar-refractivity contribution < 1.29 is 23.0 Å². The largest absolute Gasteiger partial charge is 0.491 e. The fourth-order valence-electron chi connectivity index (χ4n) is 3.98. The zero-order valence-corrected chi connectivity index (χ0v) is 18.1. The molecule has 0 spiro atoms. The number of methoxy groups -OCH3 is 1. The maximum absolute atomic E-state index is 14.3. The number of hydrogen-bond acceptors (Lipinski definition) is 6. The number of alkyl halides is 1. The van der Waals surface area contributed by atoms with Crippen molar-refractivity contribution >= 4 is 16.6 Å². The molecule has 172 valence electrons. The Kier molecular flexibility index (Phi) is 6.06. The molecule has 0 amide bonds. The molecule has 4 aromatic rings. The van der Waals surface area contributed by atoms with Crippen molar-refractivity contribution in [2.24, 2.45) is 0 Å². The summed E-state index contributed by atoms with van der Waals surface area (Å²) < 4.78 is 47.0. The lowest BCUT2D eigenvalue weighted by molar-refractivity contribution is 0.0740. The van der Waals surface area contributed by atoms with Gasteiger partial charge in [-0.3, -0.25) is 4.40 Å². The molecule has 0 bridgehead atoms. The number of rotatable bonds is 7. The minimum absolute atomic E-state index is 0.218. The van der Waals surface area contributed by atoms with E-state index < -0.39 is 18.1 Å². The summed E-state index contributed by atoms with van der Waals surface area (Å²) in [5, 5.41) is 3.58. The van der Waals surface area contributed by atoms with Crippen molar-refractivity contribution in [2.75, 3.05) is 33.4 Å². The molecule has 1 aliphatic rings. The molecule has 9 heteroatoms. The minimum Gasteiger partial charge on any atom is -0.491 e. The third-order valence-electron chi connectivity index (χ3n) is 5.65. The molecule has 4 heterocycles. The quantitative estimate of drug-likeness (QED) is 0.429. The third kappa shape index (κ3) is 4.46. The number of benzene rings is 1. The van der Waals surface area contributed by atoms with E-state index in [-0.39, 0.29) is 12.3 Å². The molecule has 1 aliphatic heterocycles. The third-order valence-corrected chi connectivity index (χ3v) is 5.65. The number of nitrogens with zero attached hydrogens (tertiary/aromatic N) is 3. The van der Waals surface area contributed by atoms with Gasteiger partial charge in [0.05, 0.1) is 24.2 Å². The molecule has 1 saturated heterocycles. The summed E-state index contributed by atoms with van der Waals surface area (Å²) >= 11 is 0. The molecule has 1 aromatic carbocycles. The van der Waals surface area contributed by atoms with E-state index in [4.69, 9.17) is 19.2 Å². The number of nitrogens with one attached hydrogen (secondary N) is 1. The van der Waals surface area contributed by atoms with Gasteiger partial charge < -0.3 is 19.5 Å². The predicted molar refractivity (Wildman–Crippen MR) is 120 cm³/mol. The SMILES string of the molecule is COCCOc1ccn2c(-c3ccc4cc(F)cc(O[C@H]5CCNC[C@@H]5F)c4n3)cnc2c1. The Morgan fingerprint density at radius 1 is 1.18 bits per heavy atom. The second-order valence-electron chi connectivity index (χ2n) is 7.91. The zero-order valence-electron chi connectivity index (χ0n) is 18.1. The van der Waals surface area contributed by atoms with Crippen molar-refractivity contribution in [3.05, 3.63) is 54.6 Å². The Labute approximate surface area is 189 Å². The lowest BCUT2D eigenvalue weighted by atomic mass is 10.1. The van der Waals surface area contributed by atoms with Crippen LogP contribution < -0.4 is 14.8 Å². The molecule has 5 rings (SSSR count). The standard InChI is InChI=1S/C24H24F2N4O3/c1-31-8-9-32-17-5-7-30-20(14-28-23(30)12-17)19-3-2-15-10-16(25)11-22(24(15)29-19)33-21-4-6-27-13-18(21)26/h2-3,5,7,10-12,14,18,21,27H,4,6,8-9,13H2,1H3/t18-,21-/m0/s1. The number of ether oxygens (including phenoxy) is 3. The van der Waals surface area contributed by atoms with Gasteiger partial charge in [-0.25, -0.2) is 18.7 Å². The van der Waals surface area contributed by atoms with Crippen LogP contribution in [0.2, 0.25) is 0 Å². The maximum Gasteiger partial charge on any atom is 0.149 e. The smallest absolute Gasteiger partial charge is 0.149 e. The lowest BCUT2D eigenvalue weighted by Crippen LogP contribution is -2.44. The number of piperidine rings is 1. The summed E-state index contributed by atoms with van der Waals surface area (Å²) in [5.41, 5.74) is 2.58. The van der Waals surface area contributed by atoms with Gasteiger partial charge in [0.2, 0.25) is 0 Å². The van der Waals surface area contributed by atoms with Crippen LogP contribution in [-0.4, -0.2) is 60.1 Å². The van der Waals surface area contributed by atoms with Crippen LogP contribution in [0.15, 0.2) is 48.8 Å². The van der Waals surface area contributed by atoms with Crippen molar-refractivity contribution in [1.29, 1.82) is 0 Å². The van der Waals surface area contributed by atoms with Crippen LogP contribution in [0.25, 0.3) is 27.9 Å². The average molecular weight is 454 g/mol. The number of fused-ring (bicyclic) bond motifs is 2. The topological polar surface area (TPSA) is 69.9 Å². The van der Waals surface area contributed by atoms with Crippen LogP contribution in [0.3, 0.4) is 0 Å². The van der Waals surface area contributed by atoms with Gasteiger partial charge >= 0.3 is 0 Å². The van der Waals surface area contributed by atoms with E-state index in [1.54, 1.807) is 25.4 Å². The van der Waals surface area contributed by atoms with Gasteiger partial charge in [-0.05, 0) is 31.2 Å². The van der Waals surface area contributed by atoms with Crippen LogP contribution in [0.1, 0.15) is 6.42 Å². The first-order chi connectivity index (χ1) is 16.1. The fraction of sp³-hybridized carbons (Fsp3) is 0.333. The van der Waals surface area contributed by atoms with E-state index >= 15 is 0 Å². The van der Waals surface area contributed by atoms with Crippen molar-refractivity contribution in [3.8, 4) is 22.9 Å². The number of pyridine rings is 2. The summed E-state index contributed by atoms with van der Waals surface area (Å²) in [6, 6.07) is 9.93. The van der Waals surface area contributed by atoms with Crippen LogP contribution in [0, 0.1) is 5.82 Å². The Morgan fingerprint density at radius 3 is 2.94 bits per heavy atom. The predicted octanol–water partition coefficient (Wildman–Crippen LogP) is 3.79. The van der Waals surface area contributed by atoms with Gasteiger partial charge in [0.15, 0.2) is 0 Å². The maximum atomic E-state index is 14.3. The van der Waals surface area contributed by atoms with Gasteiger partial charge in [-0.1, -0.05) is 6.07 Å². The van der Waals surface area contributed by atoms with Crippen LogP contribution >= 0.6 is 0 Å². The van der Waals surface area contributed by atoms with Gasteiger partial charge in [0, 0.05) is 37.4 Å². The summed E-state index contributed by atoms with van der Waals surface area (Å²) in [7, 11) is 1.62. The molecule has 3 aromatic heterocycles. The number of aromatic nitrogens is 3. The fourth-order valence-corrected chi connectivity index (χ4v) is 3.98. The second-order valence-corrected chi connectivity index (χ2v) is 7.91. The van der Waals surface area contributed by atoms with Gasteiger partial charge in [0.1, 0.15) is 47.4 Å².